The van der Waals surface area contributed by atoms with Crippen LogP contribution < -0.4 is 9.64 Å². The van der Waals surface area contributed by atoms with Crippen molar-refractivity contribution in [3.8, 4) is 5.75 Å². The van der Waals surface area contributed by atoms with Crippen molar-refractivity contribution in [2.45, 2.75) is 12.8 Å². The minimum atomic E-state index is 0.187. The van der Waals surface area contributed by atoms with Gasteiger partial charge in [-0.05, 0) is 50.0 Å². The van der Waals surface area contributed by atoms with Crippen LogP contribution in [0.1, 0.15) is 23.2 Å². The number of carbonyl (C=O) groups excluding carboxylic acids is 1. The molecule has 0 aromatic heterocycles. The number of likely N-dealkylation sites (N-methyl/N-ethyl adjacent to an activating group) is 1. The van der Waals surface area contributed by atoms with Crippen LogP contribution in [0.2, 0.25) is 0 Å². The number of ether oxygens (including phenoxy) is 1. The summed E-state index contributed by atoms with van der Waals surface area (Å²) in [4.78, 5) is 17.5. The van der Waals surface area contributed by atoms with Gasteiger partial charge in [-0.2, -0.15) is 0 Å². The first kappa shape index (κ1) is 13.1. The molecular formula is C17H22N2O2. The van der Waals surface area contributed by atoms with Crippen LogP contribution >= 0.6 is 0 Å². The summed E-state index contributed by atoms with van der Waals surface area (Å²) in [7, 11) is 2.07. The number of nitrogens with zero attached hydrogens (tertiary/aromatic N) is 2. The van der Waals surface area contributed by atoms with E-state index in [9.17, 15) is 4.79 Å². The molecule has 4 aliphatic rings. The topological polar surface area (TPSA) is 32.8 Å². The highest BCUT2D eigenvalue weighted by Crippen LogP contribution is 2.36. The molecule has 4 nitrogen and oxygen atoms in total. The second kappa shape index (κ2) is 5.02. The molecule has 0 saturated carbocycles. The summed E-state index contributed by atoms with van der Waals surface area (Å²) in [6.45, 7) is 4.89. The number of rotatable bonds is 2. The molecule has 1 aromatic rings. The zero-order valence-corrected chi connectivity index (χ0v) is 12.5. The molecule has 2 bridgehead atoms. The van der Waals surface area contributed by atoms with E-state index in [1.54, 1.807) is 0 Å². The predicted molar refractivity (Wildman–Crippen MR) is 82.2 cm³/mol. The average Bonchev–Trinajstić information content (AvgIpc) is 2.55. The first-order valence-electron chi connectivity index (χ1n) is 7.97. The van der Waals surface area contributed by atoms with Gasteiger partial charge < -0.3 is 14.5 Å². The zero-order valence-electron chi connectivity index (χ0n) is 12.5. The largest absolute Gasteiger partial charge is 0.490 e. The zero-order chi connectivity index (χ0) is 14.4. The number of hydrogen-bond donors (Lipinski definition) is 0. The van der Waals surface area contributed by atoms with E-state index in [1.165, 1.54) is 25.9 Å². The highest BCUT2D eigenvalue weighted by Gasteiger charge is 2.38. The van der Waals surface area contributed by atoms with Gasteiger partial charge in [0.25, 0.3) is 0 Å². The fourth-order valence-electron chi connectivity index (χ4n) is 3.99. The minimum absolute atomic E-state index is 0.187. The number of hydrogen-bond acceptors (Lipinski definition) is 4. The number of anilines is 1. The summed E-state index contributed by atoms with van der Waals surface area (Å²) in [6, 6.07) is 5.96. The maximum atomic E-state index is 12.9. The average molecular weight is 286 g/mol. The first-order valence-corrected chi connectivity index (χ1v) is 7.97. The third kappa shape index (κ3) is 2.22. The Morgan fingerprint density at radius 1 is 1.24 bits per heavy atom. The minimum Gasteiger partial charge on any atom is -0.490 e. The summed E-state index contributed by atoms with van der Waals surface area (Å²) in [5.74, 6) is 1.94. The molecule has 1 aromatic carbocycles. The smallest absolute Gasteiger partial charge is 0.167 e. The summed E-state index contributed by atoms with van der Waals surface area (Å²) >= 11 is 0. The Hall–Kier alpha value is -1.55. The third-order valence-electron chi connectivity index (χ3n) is 5.33. The summed E-state index contributed by atoms with van der Waals surface area (Å²) in [6.07, 6.45) is 2.36. The van der Waals surface area contributed by atoms with Crippen LogP contribution in [0.15, 0.2) is 18.2 Å². The van der Waals surface area contributed by atoms with Crippen LogP contribution in [0.4, 0.5) is 5.69 Å². The van der Waals surface area contributed by atoms with Gasteiger partial charge in [0.15, 0.2) is 5.78 Å². The van der Waals surface area contributed by atoms with Gasteiger partial charge in [-0.3, -0.25) is 4.79 Å². The standard InChI is InChI=1S/C17H22N2O2/c1-18-8-9-21-16-10-13(2-3-15(16)18)17(20)14-11-19-6-4-12(14)5-7-19/h2-3,10,12,14H,4-9,11H2,1H3. The molecule has 0 N–H and O–H groups in total. The molecule has 5 rings (SSSR count). The molecule has 1 atom stereocenters. The maximum absolute atomic E-state index is 12.9. The molecule has 4 aliphatic heterocycles. The van der Waals surface area contributed by atoms with Gasteiger partial charge in [-0.15, -0.1) is 0 Å². The van der Waals surface area contributed by atoms with Crippen molar-refractivity contribution >= 4 is 11.5 Å². The second-order valence-electron chi connectivity index (χ2n) is 6.56. The second-order valence-corrected chi connectivity index (χ2v) is 6.56. The van der Waals surface area contributed by atoms with E-state index in [4.69, 9.17) is 4.74 Å². The van der Waals surface area contributed by atoms with Gasteiger partial charge in [-0.1, -0.05) is 0 Å². The summed E-state index contributed by atoms with van der Waals surface area (Å²) in [5, 5.41) is 0. The SMILES string of the molecule is CN1CCOc2cc(C(=O)C3CN4CCC3CC4)ccc21. The first-order chi connectivity index (χ1) is 10.2. The number of fused-ring (bicyclic) bond motifs is 4. The molecule has 0 amide bonds. The molecule has 0 spiro atoms. The fraction of sp³-hybridized carbons (Fsp3) is 0.588. The number of carbonyl (C=O) groups is 1. The van der Waals surface area contributed by atoms with E-state index in [2.05, 4.69) is 16.8 Å². The third-order valence-corrected chi connectivity index (χ3v) is 5.33. The fourth-order valence-corrected chi connectivity index (χ4v) is 3.99. The Balaban J connectivity index is 1.60. The van der Waals surface area contributed by atoms with Gasteiger partial charge >= 0.3 is 0 Å². The molecular weight excluding hydrogens is 264 g/mol. The number of Topliss-reactive ketones (excluding diaryl/α,β-unsaturated/α-hetero) is 1. The van der Waals surface area contributed by atoms with Crippen LogP contribution in [0.25, 0.3) is 0 Å². The molecule has 0 aliphatic carbocycles. The van der Waals surface area contributed by atoms with Crippen molar-refractivity contribution in [3.05, 3.63) is 23.8 Å². The predicted octanol–water partition coefficient (Wildman–Crippen LogP) is 2.04. The Labute approximate surface area is 125 Å². The van der Waals surface area contributed by atoms with Crippen molar-refractivity contribution in [1.29, 1.82) is 0 Å². The number of ketones is 1. The van der Waals surface area contributed by atoms with Crippen LogP contribution in [0.5, 0.6) is 5.75 Å². The van der Waals surface area contributed by atoms with Crippen molar-refractivity contribution in [3.63, 3.8) is 0 Å². The van der Waals surface area contributed by atoms with Crippen molar-refractivity contribution < 1.29 is 9.53 Å². The maximum Gasteiger partial charge on any atom is 0.167 e. The Kier molecular flexibility index (Phi) is 3.14. The van der Waals surface area contributed by atoms with E-state index >= 15 is 0 Å². The molecule has 0 radical (unpaired) electrons. The lowest BCUT2D eigenvalue weighted by atomic mass is 9.75. The summed E-state index contributed by atoms with van der Waals surface area (Å²) in [5.41, 5.74) is 1.91. The van der Waals surface area contributed by atoms with Gasteiger partial charge in [0.1, 0.15) is 12.4 Å². The Morgan fingerprint density at radius 2 is 2.05 bits per heavy atom. The molecule has 112 valence electrons. The van der Waals surface area contributed by atoms with Gasteiger partial charge in [0.2, 0.25) is 0 Å². The number of benzene rings is 1. The molecule has 4 heteroatoms. The monoisotopic (exact) mass is 286 g/mol. The van der Waals surface area contributed by atoms with Gasteiger partial charge in [0.05, 0.1) is 12.2 Å². The molecule has 1 unspecified atom stereocenters. The molecule has 3 saturated heterocycles. The van der Waals surface area contributed by atoms with Crippen LogP contribution in [0.3, 0.4) is 0 Å². The lowest BCUT2D eigenvalue weighted by Crippen LogP contribution is -2.50. The van der Waals surface area contributed by atoms with Gasteiger partial charge in [0, 0.05) is 25.1 Å². The van der Waals surface area contributed by atoms with Crippen molar-refractivity contribution in [2.24, 2.45) is 11.8 Å². The molecule has 4 heterocycles. The lowest BCUT2D eigenvalue weighted by molar-refractivity contribution is 0.0418. The van der Waals surface area contributed by atoms with E-state index in [0.717, 1.165) is 30.1 Å². The number of piperidine rings is 3. The van der Waals surface area contributed by atoms with Crippen LogP contribution in [0, 0.1) is 11.8 Å². The van der Waals surface area contributed by atoms with E-state index < -0.39 is 0 Å². The van der Waals surface area contributed by atoms with E-state index in [-0.39, 0.29) is 5.92 Å². The highest BCUT2D eigenvalue weighted by molar-refractivity contribution is 5.99. The summed E-state index contributed by atoms with van der Waals surface area (Å²) < 4.78 is 5.73. The Morgan fingerprint density at radius 3 is 2.76 bits per heavy atom. The van der Waals surface area contributed by atoms with E-state index in [1.807, 2.05) is 18.2 Å². The quantitative estimate of drug-likeness (QED) is 0.779. The van der Waals surface area contributed by atoms with Crippen molar-refractivity contribution in [1.82, 2.24) is 4.90 Å². The lowest BCUT2D eigenvalue weighted by Gasteiger charge is -2.44. The molecule has 21 heavy (non-hydrogen) atoms. The van der Waals surface area contributed by atoms with Crippen molar-refractivity contribution in [2.75, 3.05) is 44.7 Å². The normalized spacial score (nSPS) is 30.7. The van der Waals surface area contributed by atoms with Gasteiger partial charge in [-0.25, -0.2) is 0 Å². The van der Waals surface area contributed by atoms with E-state index in [0.29, 0.717) is 18.3 Å². The Bertz CT molecular complexity index is 564. The van der Waals surface area contributed by atoms with Crippen LogP contribution in [-0.4, -0.2) is 50.5 Å². The van der Waals surface area contributed by atoms with Crippen LogP contribution in [-0.2, 0) is 0 Å². The molecule has 3 fully saturated rings. The highest BCUT2D eigenvalue weighted by atomic mass is 16.5.